The number of carbonyl (C=O) groups is 2. The van der Waals surface area contributed by atoms with Gasteiger partial charge in [-0.05, 0) is 29.3 Å². The third kappa shape index (κ3) is 4.01. The van der Waals surface area contributed by atoms with Gasteiger partial charge < -0.3 is 15.3 Å². The number of pyridine rings is 1. The minimum atomic E-state index is -1.28. The Morgan fingerprint density at radius 2 is 1.66 bits per heavy atom. The molecule has 2 amide bonds. The number of hydrogen-bond donors (Lipinski definition) is 3. The van der Waals surface area contributed by atoms with Gasteiger partial charge in [-0.3, -0.25) is 10.1 Å². The summed E-state index contributed by atoms with van der Waals surface area (Å²) in [5.74, 6) is -0.679. The lowest BCUT2D eigenvalue weighted by Gasteiger charge is -2.17. The van der Waals surface area contributed by atoms with Gasteiger partial charge in [0.2, 0.25) is 0 Å². The largest absolute Gasteiger partial charge is 0.465 e. The zero-order valence-electron chi connectivity index (χ0n) is 15.2. The molecule has 2 aromatic carbocycles. The molecule has 0 fully saturated rings. The van der Waals surface area contributed by atoms with E-state index in [9.17, 15) is 14.0 Å². The number of anilines is 3. The first-order chi connectivity index (χ1) is 14.0. The predicted octanol–water partition coefficient (Wildman–Crippen LogP) is 4.21. The molecule has 4 rings (SSSR count). The Bertz CT molecular complexity index is 1080. The Balaban J connectivity index is 1.64. The smallest absolute Gasteiger partial charge is 0.409 e. The number of hydrogen-bond acceptors (Lipinski definition) is 4. The van der Waals surface area contributed by atoms with Crippen molar-refractivity contribution >= 4 is 29.2 Å². The lowest BCUT2D eigenvalue weighted by Crippen LogP contribution is -2.26. The first kappa shape index (κ1) is 18.4. The Labute approximate surface area is 165 Å². The highest BCUT2D eigenvalue weighted by Crippen LogP contribution is 2.26. The van der Waals surface area contributed by atoms with Crippen LogP contribution in [0, 0.1) is 5.82 Å². The summed E-state index contributed by atoms with van der Waals surface area (Å²) in [7, 11) is 0. The van der Waals surface area contributed by atoms with E-state index in [4.69, 9.17) is 5.11 Å². The molecule has 1 aromatic heterocycles. The van der Waals surface area contributed by atoms with Crippen LogP contribution in [0.5, 0.6) is 0 Å². The second-order valence-corrected chi connectivity index (χ2v) is 6.59. The third-order valence-electron chi connectivity index (χ3n) is 4.56. The predicted molar refractivity (Wildman–Crippen MR) is 106 cm³/mol. The normalized spacial score (nSPS) is 12.4. The minimum absolute atomic E-state index is 0.0582. The molecule has 3 N–H and O–H groups in total. The van der Waals surface area contributed by atoms with Crippen molar-refractivity contribution in [2.75, 3.05) is 10.6 Å². The quantitative estimate of drug-likeness (QED) is 0.618. The van der Waals surface area contributed by atoms with E-state index in [0.29, 0.717) is 13.1 Å². The fraction of sp³-hybridized carbons (Fsp3) is 0.0952. The van der Waals surface area contributed by atoms with Crippen molar-refractivity contribution in [1.29, 1.82) is 0 Å². The molecule has 0 unspecified atom stereocenters. The average molecular weight is 392 g/mol. The van der Waals surface area contributed by atoms with Gasteiger partial charge in [-0.25, -0.2) is 14.2 Å². The van der Waals surface area contributed by atoms with Gasteiger partial charge in [0.25, 0.3) is 5.91 Å². The van der Waals surface area contributed by atoms with Gasteiger partial charge >= 0.3 is 6.09 Å². The summed E-state index contributed by atoms with van der Waals surface area (Å²) in [6.07, 6.45) is -1.28. The standard InChI is InChI=1S/C21H17FN4O3/c22-16-7-3-4-8-17(16)24-19-10-15(23-21(28)29)9-18(25-19)20(27)26-11-13-5-1-2-6-14(13)12-26/h1-10H,11-12H2,(H,28,29)(H2,23,24,25). The molecule has 29 heavy (non-hydrogen) atoms. The Hall–Kier alpha value is -3.94. The van der Waals surface area contributed by atoms with Gasteiger partial charge in [-0.2, -0.15) is 0 Å². The van der Waals surface area contributed by atoms with E-state index in [-0.39, 0.29) is 28.8 Å². The number of halogens is 1. The number of aromatic nitrogens is 1. The van der Waals surface area contributed by atoms with Crippen molar-refractivity contribution in [2.24, 2.45) is 0 Å². The zero-order chi connectivity index (χ0) is 20.4. The molecule has 0 atom stereocenters. The van der Waals surface area contributed by atoms with Crippen LogP contribution in [0.25, 0.3) is 0 Å². The van der Waals surface area contributed by atoms with Crippen molar-refractivity contribution in [3.8, 4) is 0 Å². The number of nitrogens with zero attached hydrogens (tertiary/aromatic N) is 2. The van der Waals surface area contributed by atoms with E-state index in [1.807, 2.05) is 24.3 Å². The number of rotatable bonds is 4. The molecule has 0 aliphatic carbocycles. The number of benzene rings is 2. The van der Waals surface area contributed by atoms with Crippen LogP contribution in [-0.2, 0) is 13.1 Å². The molecular weight excluding hydrogens is 375 g/mol. The van der Waals surface area contributed by atoms with Crippen molar-refractivity contribution in [3.05, 3.63) is 83.3 Å². The van der Waals surface area contributed by atoms with Crippen LogP contribution in [0.1, 0.15) is 21.6 Å². The molecule has 2 heterocycles. The number of carbonyl (C=O) groups excluding carboxylic acids is 1. The maximum atomic E-state index is 14.0. The van der Waals surface area contributed by atoms with E-state index < -0.39 is 11.9 Å². The summed E-state index contributed by atoms with van der Waals surface area (Å²) in [5, 5.41) is 14.1. The monoisotopic (exact) mass is 392 g/mol. The summed E-state index contributed by atoms with van der Waals surface area (Å²) >= 11 is 0. The van der Waals surface area contributed by atoms with Crippen LogP contribution in [0.3, 0.4) is 0 Å². The fourth-order valence-corrected chi connectivity index (χ4v) is 3.24. The highest BCUT2D eigenvalue weighted by molar-refractivity contribution is 5.95. The first-order valence-electron chi connectivity index (χ1n) is 8.89. The molecule has 146 valence electrons. The summed E-state index contributed by atoms with van der Waals surface area (Å²) in [4.78, 5) is 30.0. The Kier molecular flexibility index (Phi) is 4.82. The molecular formula is C21H17FN4O3. The first-order valence-corrected chi connectivity index (χ1v) is 8.89. The van der Waals surface area contributed by atoms with E-state index in [2.05, 4.69) is 15.6 Å². The fourth-order valence-electron chi connectivity index (χ4n) is 3.24. The van der Waals surface area contributed by atoms with Crippen LogP contribution in [-0.4, -0.2) is 27.0 Å². The topological polar surface area (TPSA) is 94.6 Å². The number of para-hydroxylation sites is 1. The van der Waals surface area contributed by atoms with Crippen molar-refractivity contribution in [3.63, 3.8) is 0 Å². The lowest BCUT2D eigenvalue weighted by molar-refractivity contribution is 0.0745. The third-order valence-corrected chi connectivity index (χ3v) is 4.56. The molecule has 0 radical (unpaired) electrons. The zero-order valence-corrected chi connectivity index (χ0v) is 15.2. The van der Waals surface area contributed by atoms with E-state index in [0.717, 1.165) is 11.1 Å². The molecule has 0 spiro atoms. The molecule has 8 heteroatoms. The number of amides is 2. The van der Waals surface area contributed by atoms with Gasteiger partial charge in [-0.1, -0.05) is 36.4 Å². The van der Waals surface area contributed by atoms with Crippen molar-refractivity contribution < 1.29 is 19.1 Å². The van der Waals surface area contributed by atoms with Crippen LogP contribution < -0.4 is 10.6 Å². The summed E-state index contributed by atoms with van der Waals surface area (Å²) in [5.41, 5.74) is 2.50. The SMILES string of the molecule is O=C(O)Nc1cc(Nc2ccccc2F)nc(C(=O)N2Cc3ccccc3C2)c1. The Morgan fingerprint density at radius 1 is 1.00 bits per heavy atom. The second kappa shape index (κ2) is 7.59. The van der Waals surface area contributed by atoms with Gasteiger partial charge in [0.1, 0.15) is 17.3 Å². The van der Waals surface area contributed by atoms with Gasteiger partial charge in [0.15, 0.2) is 0 Å². The molecule has 0 saturated heterocycles. The number of fused-ring (bicyclic) bond motifs is 1. The summed E-state index contributed by atoms with van der Waals surface area (Å²) in [6.45, 7) is 0.896. The van der Waals surface area contributed by atoms with Crippen LogP contribution in [0.15, 0.2) is 60.7 Å². The maximum absolute atomic E-state index is 14.0. The molecule has 1 aliphatic rings. The van der Waals surface area contributed by atoms with Gasteiger partial charge in [0, 0.05) is 19.2 Å². The Morgan fingerprint density at radius 3 is 2.31 bits per heavy atom. The van der Waals surface area contributed by atoms with E-state index >= 15 is 0 Å². The highest BCUT2D eigenvalue weighted by Gasteiger charge is 2.25. The molecule has 0 bridgehead atoms. The molecule has 1 aliphatic heterocycles. The van der Waals surface area contributed by atoms with Crippen LogP contribution >= 0.6 is 0 Å². The average Bonchev–Trinajstić information content (AvgIpc) is 3.13. The maximum Gasteiger partial charge on any atom is 0.409 e. The number of carboxylic acid groups (broad SMARTS) is 1. The van der Waals surface area contributed by atoms with Gasteiger partial charge in [-0.15, -0.1) is 0 Å². The number of nitrogens with one attached hydrogen (secondary N) is 2. The van der Waals surface area contributed by atoms with Crippen LogP contribution in [0.2, 0.25) is 0 Å². The summed E-state index contributed by atoms with van der Waals surface area (Å²) < 4.78 is 14.0. The van der Waals surface area contributed by atoms with E-state index in [1.54, 1.807) is 17.0 Å². The van der Waals surface area contributed by atoms with Gasteiger partial charge in [0.05, 0.1) is 11.4 Å². The lowest BCUT2D eigenvalue weighted by atomic mass is 10.1. The highest BCUT2D eigenvalue weighted by atomic mass is 19.1. The molecule has 0 saturated carbocycles. The van der Waals surface area contributed by atoms with Crippen molar-refractivity contribution in [1.82, 2.24) is 9.88 Å². The van der Waals surface area contributed by atoms with Crippen LogP contribution in [0.4, 0.5) is 26.4 Å². The second-order valence-electron chi connectivity index (χ2n) is 6.59. The minimum Gasteiger partial charge on any atom is -0.465 e. The van der Waals surface area contributed by atoms with E-state index in [1.165, 1.54) is 24.3 Å². The molecule has 3 aromatic rings. The summed E-state index contributed by atoms with van der Waals surface area (Å²) in [6, 6.07) is 16.5. The van der Waals surface area contributed by atoms with Crippen molar-refractivity contribution in [2.45, 2.75) is 13.1 Å². The molecule has 7 nitrogen and oxygen atoms in total.